The molecule has 0 saturated heterocycles. The van der Waals surface area contributed by atoms with Gasteiger partial charge in [-0.3, -0.25) is 4.79 Å². The number of hydrogen-bond acceptors (Lipinski definition) is 5. The van der Waals surface area contributed by atoms with Crippen LogP contribution in [-0.4, -0.2) is 28.1 Å². The first-order valence-electron chi connectivity index (χ1n) is 8.65. The quantitative estimate of drug-likeness (QED) is 0.829. The summed E-state index contributed by atoms with van der Waals surface area (Å²) >= 11 is 0. The maximum Gasteiger partial charge on any atom is 0.227 e. The van der Waals surface area contributed by atoms with Crippen molar-refractivity contribution in [3.63, 3.8) is 0 Å². The molecule has 8 heteroatoms. The van der Waals surface area contributed by atoms with Crippen LogP contribution in [0.3, 0.4) is 0 Å². The highest BCUT2D eigenvalue weighted by molar-refractivity contribution is 5.85. The van der Waals surface area contributed by atoms with Crippen molar-refractivity contribution >= 4 is 18.3 Å². The molecule has 3 N–H and O–H groups in total. The van der Waals surface area contributed by atoms with Crippen LogP contribution in [0, 0.1) is 12.7 Å². The number of rotatable bonds is 5. The number of benzene rings is 1. The van der Waals surface area contributed by atoms with Crippen LogP contribution in [0.4, 0.5) is 4.39 Å². The summed E-state index contributed by atoms with van der Waals surface area (Å²) in [7, 11) is 0. The molecule has 142 valence electrons. The second-order valence-electron chi connectivity index (χ2n) is 6.65. The molecule has 0 radical (unpaired) electrons. The largest absolute Gasteiger partial charge is 0.353 e. The predicted molar refractivity (Wildman–Crippen MR) is 98.4 cm³/mol. The first-order valence-corrected chi connectivity index (χ1v) is 8.65. The van der Waals surface area contributed by atoms with Crippen molar-refractivity contribution in [3.8, 4) is 11.4 Å². The molecule has 1 fully saturated rings. The molecule has 0 unspecified atom stereocenters. The Labute approximate surface area is 158 Å². The van der Waals surface area contributed by atoms with E-state index in [1.54, 1.807) is 19.1 Å². The summed E-state index contributed by atoms with van der Waals surface area (Å²) in [6.45, 7) is 1.69. The van der Waals surface area contributed by atoms with E-state index in [2.05, 4.69) is 15.5 Å². The molecule has 1 aliphatic carbocycles. The third-order valence-corrected chi connectivity index (χ3v) is 4.60. The second kappa shape index (κ2) is 9.09. The minimum atomic E-state index is -0.310. The van der Waals surface area contributed by atoms with Crippen molar-refractivity contribution in [2.75, 3.05) is 0 Å². The summed E-state index contributed by atoms with van der Waals surface area (Å²) in [6, 6.07) is 5.26. The van der Waals surface area contributed by atoms with E-state index in [9.17, 15) is 9.18 Å². The first kappa shape index (κ1) is 20.3. The molecule has 0 atom stereocenters. The van der Waals surface area contributed by atoms with Crippen LogP contribution in [0.2, 0.25) is 0 Å². The van der Waals surface area contributed by atoms with E-state index in [0.29, 0.717) is 29.3 Å². The lowest BCUT2D eigenvalue weighted by Gasteiger charge is -2.26. The Morgan fingerprint density at radius 1 is 1.35 bits per heavy atom. The minimum absolute atomic E-state index is 0. The van der Waals surface area contributed by atoms with Gasteiger partial charge in [0.05, 0.1) is 0 Å². The number of amides is 1. The lowest BCUT2D eigenvalue weighted by atomic mass is 9.92. The molecule has 2 aromatic rings. The van der Waals surface area contributed by atoms with Crippen molar-refractivity contribution in [3.05, 3.63) is 35.5 Å². The van der Waals surface area contributed by atoms with E-state index in [-0.39, 0.29) is 42.6 Å². The third-order valence-electron chi connectivity index (χ3n) is 4.60. The van der Waals surface area contributed by atoms with E-state index in [0.717, 1.165) is 25.7 Å². The van der Waals surface area contributed by atoms with Gasteiger partial charge in [-0.2, -0.15) is 4.98 Å². The van der Waals surface area contributed by atoms with Gasteiger partial charge in [0.25, 0.3) is 0 Å². The molecule has 1 heterocycles. The van der Waals surface area contributed by atoms with E-state index in [4.69, 9.17) is 10.3 Å². The normalized spacial score (nSPS) is 19.7. The Kier molecular flexibility index (Phi) is 7.11. The Balaban J connectivity index is 0.00000243. The number of nitrogens with two attached hydrogens (primary N) is 1. The van der Waals surface area contributed by atoms with Crippen molar-refractivity contribution in [1.29, 1.82) is 0 Å². The van der Waals surface area contributed by atoms with Gasteiger partial charge in [-0.05, 0) is 44.2 Å². The molecule has 26 heavy (non-hydrogen) atoms. The average molecular weight is 383 g/mol. The van der Waals surface area contributed by atoms with Gasteiger partial charge in [-0.15, -0.1) is 12.4 Å². The van der Waals surface area contributed by atoms with Gasteiger partial charge in [0, 0.05) is 30.5 Å². The zero-order valence-electron chi connectivity index (χ0n) is 14.7. The molecule has 0 bridgehead atoms. The van der Waals surface area contributed by atoms with Crippen LogP contribution in [0.5, 0.6) is 0 Å². The Morgan fingerprint density at radius 2 is 2.08 bits per heavy atom. The average Bonchev–Trinajstić information content (AvgIpc) is 3.07. The molecule has 0 aliphatic heterocycles. The van der Waals surface area contributed by atoms with Crippen LogP contribution in [0.15, 0.2) is 22.7 Å². The number of nitrogens with zero attached hydrogens (tertiary/aromatic N) is 2. The lowest BCUT2D eigenvalue weighted by Crippen LogP contribution is -2.40. The summed E-state index contributed by atoms with van der Waals surface area (Å²) < 4.78 is 18.8. The number of nitrogens with one attached hydrogen (secondary N) is 1. The summed E-state index contributed by atoms with van der Waals surface area (Å²) in [5.74, 6) is 0.365. The topological polar surface area (TPSA) is 94.0 Å². The molecule has 1 saturated carbocycles. The maximum atomic E-state index is 13.6. The molecule has 3 rings (SSSR count). The smallest absolute Gasteiger partial charge is 0.227 e. The minimum Gasteiger partial charge on any atom is -0.353 e. The third kappa shape index (κ3) is 5.25. The molecule has 6 nitrogen and oxygen atoms in total. The standard InChI is InChI=1S/C18H23FN4O2.ClH/c1-11-2-3-12(10-15(11)19)18-22-17(25-23-18)9-8-16(24)21-14-6-4-13(20)5-7-14;/h2-3,10,13-14H,4-9,20H2,1H3,(H,21,24);1H. The van der Waals surface area contributed by atoms with Gasteiger partial charge < -0.3 is 15.6 Å². The summed E-state index contributed by atoms with van der Waals surface area (Å²) in [4.78, 5) is 16.3. The summed E-state index contributed by atoms with van der Waals surface area (Å²) in [5.41, 5.74) is 6.99. The van der Waals surface area contributed by atoms with E-state index in [1.165, 1.54) is 6.07 Å². The molecule has 1 amide bonds. The predicted octanol–water partition coefficient (Wildman–Crippen LogP) is 2.92. The van der Waals surface area contributed by atoms with Crippen LogP contribution in [0.25, 0.3) is 11.4 Å². The van der Waals surface area contributed by atoms with E-state index in [1.807, 2.05) is 0 Å². The Hall–Kier alpha value is -1.99. The molecule has 1 aromatic carbocycles. The van der Waals surface area contributed by atoms with Crippen molar-refractivity contribution in [1.82, 2.24) is 15.5 Å². The van der Waals surface area contributed by atoms with Crippen molar-refractivity contribution in [2.45, 2.75) is 57.5 Å². The van der Waals surface area contributed by atoms with Gasteiger partial charge in [0.1, 0.15) is 5.82 Å². The van der Waals surface area contributed by atoms with Crippen molar-refractivity contribution in [2.24, 2.45) is 5.73 Å². The molecular formula is C18H24ClFN4O2. The molecule has 1 aliphatic rings. The SMILES string of the molecule is Cc1ccc(-c2noc(CCC(=O)NC3CCC(N)CC3)n2)cc1F.Cl. The fourth-order valence-electron chi connectivity index (χ4n) is 2.99. The monoisotopic (exact) mass is 382 g/mol. The highest BCUT2D eigenvalue weighted by atomic mass is 35.5. The van der Waals surface area contributed by atoms with Gasteiger partial charge in [-0.25, -0.2) is 4.39 Å². The van der Waals surface area contributed by atoms with Gasteiger partial charge in [-0.1, -0.05) is 17.3 Å². The van der Waals surface area contributed by atoms with E-state index >= 15 is 0 Å². The van der Waals surface area contributed by atoms with Crippen LogP contribution in [0.1, 0.15) is 43.6 Å². The number of carbonyl (C=O) groups excluding carboxylic acids is 1. The van der Waals surface area contributed by atoms with Crippen LogP contribution in [-0.2, 0) is 11.2 Å². The summed E-state index contributed by atoms with van der Waals surface area (Å²) in [5, 5.41) is 6.89. The van der Waals surface area contributed by atoms with Gasteiger partial charge in [0.15, 0.2) is 0 Å². The van der Waals surface area contributed by atoms with E-state index < -0.39 is 0 Å². The van der Waals surface area contributed by atoms with Crippen LogP contribution >= 0.6 is 12.4 Å². The summed E-state index contributed by atoms with van der Waals surface area (Å²) in [6.07, 6.45) is 4.40. The lowest BCUT2D eigenvalue weighted by molar-refractivity contribution is -0.122. The van der Waals surface area contributed by atoms with Gasteiger partial charge >= 0.3 is 0 Å². The number of aromatic nitrogens is 2. The first-order chi connectivity index (χ1) is 12.0. The number of hydrogen-bond donors (Lipinski definition) is 2. The van der Waals surface area contributed by atoms with Crippen LogP contribution < -0.4 is 11.1 Å². The highest BCUT2D eigenvalue weighted by Gasteiger charge is 2.20. The highest BCUT2D eigenvalue weighted by Crippen LogP contribution is 2.20. The van der Waals surface area contributed by atoms with Crippen molar-refractivity contribution < 1.29 is 13.7 Å². The molecule has 0 spiro atoms. The molecular weight excluding hydrogens is 359 g/mol. The fraction of sp³-hybridized carbons (Fsp3) is 0.500. The maximum absolute atomic E-state index is 13.6. The number of carbonyl (C=O) groups is 1. The number of halogens is 2. The van der Waals surface area contributed by atoms with Gasteiger partial charge in [0.2, 0.25) is 17.6 Å². The Morgan fingerprint density at radius 3 is 2.77 bits per heavy atom. The second-order valence-corrected chi connectivity index (χ2v) is 6.65. The Bertz CT molecular complexity index is 745. The zero-order valence-corrected chi connectivity index (χ0v) is 15.5. The molecule has 1 aromatic heterocycles. The zero-order chi connectivity index (χ0) is 17.8. The fourth-order valence-corrected chi connectivity index (χ4v) is 2.99. The number of aryl methyl sites for hydroxylation is 2.